The fourth-order valence-electron chi connectivity index (χ4n) is 1.65. The predicted molar refractivity (Wildman–Crippen MR) is 75.7 cm³/mol. The van der Waals surface area contributed by atoms with Crippen LogP contribution in [0.5, 0.6) is 0 Å². The number of hydrogen-bond donors (Lipinski definition) is 1. The van der Waals surface area contributed by atoms with Crippen molar-refractivity contribution < 1.29 is 4.79 Å². The average molecular weight is 294 g/mol. The number of carbonyl (C=O) groups excluding carboxylic acids is 1. The van der Waals surface area contributed by atoms with Crippen molar-refractivity contribution in [2.24, 2.45) is 0 Å². The molecule has 2 heterocycles. The molecular weight excluding hydrogens is 276 g/mol. The summed E-state index contributed by atoms with van der Waals surface area (Å²) in [5.41, 5.74) is 2.50. The van der Waals surface area contributed by atoms with Crippen LogP contribution >= 0.6 is 11.7 Å². The van der Waals surface area contributed by atoms with Gasteiger partial charge in [0.2, 0.25) is 0 Å². The van der Waals surface area contributed by atoms with Crippen molar-refractivity contribution in [3.05, 3.63) is 22.8 Å². The molecule has 20 heavy (non-hydrogen) atoms. The minimum atomic E-state index is -0.303. The van der Waals surface area contributed by atoms with Crippen LogP contribution in [0.15, 0.2) is 0 Å². The number of amides is 1. The van der Waals surface area contributed by atoms with E-state index in [1.165, 1.54) is 11.7 Å². The number of aryl methyl sites for hydroxylation is 1. The number of nitrogens with one attached hydrogen (secondary N) is 1. The summed E-state index contributed by atoms with van der Waals surface area (Å²) in [5.74, 6) is -0.214. The Labute approximate surface area is 121 Å². The molecule has 2 rings (SSSR count). The summed E-state index contributed by atoms with van der Waals surface area (Å²) in [6.07, 6.45) is 0. The Balaban J connectivity index is 2.19. The van der Waals surface area contributed by atoms with E-state index in [1.54, 1.807) is 4.68 Å². The first-order valence-corrected chi connectivity index (χ1v) is 7.01. The molecule has 0 spiro atoms. The van der Waals surface area contributed by atoms with E-state index in [4.69, 9.17) is 0 Å². The fraction of sp³-hybridized carbons (Fsp3) is 0.583. The van der Waals surface area contributed by atoms with E-state index in [2.05, 4.69) is 24.4 Å². The normalized spacial score (nSPS) is 11.7. The first kappa shape index (κ1) is 14.6. The Morgan fingerprint density at radius 1 is 1.30 bits per heavy atom. The highest BCUT2D eigenvalue weighted by atomic mass is 32.1. The van der Waals surface area contributed by atoms with Crippen molar-refractivity contribution in [1.29, 1.82) is 0 Å². The van der Waals surface area contributed by atoms with E-state index in [0.29, 0.717) is 12.2 Å². The molecule has 0 aliphatic heterocycles. The Bertz CT molecular complexity index is 624. The van der Waals surface area contributed by atoms with Gasteiger partial charge in [-0.25, -0.2) is 4.68 Å². The van der Waals surface area contributed by atoms with Gasteiger partial charge in [0.1, 0.15) is 0 Å². The van der Waals surface area contributed by atoms with E-state index in [9.17, 15) is 4.79 Å². The summed E-state index contributed by atoms with van der Waals surface area (Å²) in [5, 5.41) is 10.9. The summed E-state index contributed by atoms with van der Waals surface area (Å²) in [7, 11) is 0. The number of carbonyl (C=O) groups is 1. The van der Waals surface area contributed by atoms with Crippen LogP contribution in [-0.2, 0) is 6.54 Å². The largest absolute Gasteiger partial charge is 0.346 e. The van der Waals surface area contributed by atoms with Crippen LogP contribution in [0, 0.1) is 13.8 Å². The van der Waals surface area contributed by atoms with Gasteiger partial charge in [-0.1, -0.05) is 5.21 Å². The lowest BCUT2D eigenvalue weighted by atomic mass is 10.1. The summed E-state index contributed by atoms with van der Waals surface area (Å²) in [6.45, 7) is 9.98. The van der Waals surface area contributed by atoms with E-state index >= 15 is 0 Å². The second kappa shape index (κ2) is 5.28. The molecule has 2 aromatic rings. The molecular formula is C12H18N6OS. The summed E-state index contributed by atoms with van der Waals surface area (Å²) in [6, 6.07) is 0. The lowest BCUT2D eigenvalue weighted by molar-refractivity contribution is 0.0913. The van der Waals surface area contributed by atoms with Gasteiger partial charge in [0.25, 0.3) is 5.91 Å². The van der Waals surface area contributed by atoms with Crippen molar-refractivity contribution in [1.82, 2.24) is 29.1 Å². The summed E-state index contributed by atoms with van der Waals surface area (Å²) in [4.78, 5) is 12.1. The molecule has 0 atom stereocenters. The molecule has 0 radical (unpaired) electrons. The van der Waals surface area contributed by atoms with Crippen LogP contribution < -0.4 is 5.32 Å². The third-order valence-corrected chi connectivity index (χ3v) is 3.39. The topological polar surface area (TPSA) is 85.6 Å². The van der Waals surface area contributed by atoms with E-state index in [1.807, 2.05) is 34.6 Å². The number of hydrogen-bond acceptors (Lipinski definition) is 6. The van der Waals surface area contributed by atoms with E-state index < -0.39 is 0 Å². The van der Waals surface area contributed by atoms with Gasteiger partial charge in [0, 0.05) is 5.54 Å². The Morgan fingerprint density at radius 3 is 2.55 bits per heavy atom. The second-order valence-corrected chi connectivity index (χ2v) is 6.21. The van der Waals surface area contributed by atoms with Crippen LogP contribution in [0.3, 0.4) is 0 Å². The third-order valence-electron chi connectivity index (χ3n) is 2.73. The maximum atomic E-state index is 12.1. The van der Waals surface area contributed by atoms with Crippen molar-refractivity contribution in [2.75, 3.05) is 0 Å². The molecule has 0 saturated carbocycles. The van der Waals surface area contributed by atoms with Crippen molar-refractivity contribution in [3.63, 3.8) is 0 Å². The second-order valence-electron chi connectivity index (χ2n) is 5.68. The van der Waals surface area contributed by atoms with Crippen LogP contribution in [0.2, 0.25) is 0 Å². The molecule has 1 amide bonds. The highest BCUT2D eigenvalue weighted by Crippen LogP contribution is 2.11. The maximum absolute atomic E-state index is 12.1. The van der Waals surface area contributed by atoms with Gasteiger partial charge < -0.3 is 5.32 Å². The quantitative estimate of drug-likeness (QED) is 0.922. The fourth-order valence-corrected chi connectivity index (χ4v) is 2.21. The van der Waals surface area contributed by atoms with Gasteiger partial charge in [-0.3, -0.25) is 4.79 Å². The molecule has 0 aliphatic rings. The molecule has 0 aliphatic carbocycles. The summed E-state index contributed by atoms with van der Waals surface area (Å²) < 4.78 is 10.00. The van der Waals surface area contributed by atoms with Crippen LogP contribution in [0.1, 0.15) is 48.3 Å². The highest BCUT2D eigenvalue weighted by Gasteiger charge is 2.21. The third kappa shape index (κ3) is 3.19. The molecule has 0 unspecified atom stereocenters. The molecule has 8 heteroatoms. The molecule has 0 saturated heterocycles. The highest BCUT2D eigenvalue weighted by molar-refractivity contribution is 6.99. The zero-order valence-corrected chi connectivity index (χ0v) is 13.1. The summed E-state index contributed by atoms with van der Waals surface area (Å²) >= 11 is 1.17. The van der Waals surface area contributed by atoms with Gasteiger partial charge in [-0.15, -0.1) is 5.10 Å². The van der Waals surface area contributed by atoms with Crippen LogP contribution in [0.4, 0.5) is 0 Å². The SMILES string of the molecule is Cc1nsnc1Cn1nnc(C(=O)NC(C)(C)C)c1C. The predicted octanol–water partition coefficient (Wildman–Crippen LogP) is 1.32. The van der Waals surface area contributed by atoms with Gasteiger partial charge in [-0.2, -0.15) is 8.75 Å². The Morgan fingerprint density at radius 2 is 2.00 bits per heavy atom. The Kier molecular flexibility index (Phi) is 3.85. The van der Waals surface area contributed by atoms with Crippen LogP contribution in [0.25, 0.3) is 0 Å². The monoisotopic (exact) mass is 294 g/mol. The van der Waals surface area contributed by atoms with Crippen LogP contribution in [-0.4, -0.2) is 35.2 Å². The van der Waals surface area contributed by atoms with Gasteiger partial charge >= 0.3 is 0 Å². The number of aromatic nitrogens is 5. The lowest BCUT2D eigenvalue weighted by Crippen LogP contribution is -2.41. The van der Waals surface area contributed by atoms with E-state index in [-0.39, 0.29) is 11.4 Å². The minimum Gasteiger partial charge on any atom is -0.346 e. The maximum Gasteiger partial charge on any atom is 0.274 e. The molecule has 0 aromatic carbocycles. The molecule has 1 N–H and O–H groups in total. The Hall–Kier alpha value is -1.83. The molecule has 2 aromatic heterocycles. The van der Waals surface area contributed by atoms with Crippen molar-refractivity contribution >= 4 is 17.6 Å². The molecule has 0 fully saturated rings. The smallest absolute Gasteiger partial charge is 0.274 e. The zero-order chi connectivity index (χ0) is 14.9. The van der Waals surface area contributed by atoms with Gasteiger partial charge in [-0.05, 0) is 34.6 Å². The molecule has 7 nitrogen and oxygen atoms in total. The number of nitrogens with zero attached hydrogens (tertiary/aromatic N) is 5. The first-order chi connectivity index (χ1) is 9.28. The average Bonchev–Trinajstić information content (AvgIpc) is 2.86. The minimum absolute atomic E-state index is 0.214. The van der Waals surface area contributed by atoms with Crippen molar-refractivity contribution in [2.45, 2.75) is 46.7 Å². The zero-order valence-electron chi connectivity index (χ0n) is 12.3. The molecule has 108 valence electrons. The van der Waals surface area contributed by atoms with Gasteiger partial charge in [0.15, 0.2) is 5.69 Å². The lowest BCUT2D eigenvalue weighted by Gasteiger charge is -2.19. The van der Waals surface area contributed by atoms with Crippen molar-refractivity contribution in [3.8, 4) is 0 Å². The number of rotatable bonds is 3. The standard InChI is InChI=1S/C12H18N6OS/c1-7-9(16-20-15-7)6-18-8(2)10(14-17-18)11(19)13-12(3,4)5/h6H2,1-5H3,(H,13,19). The molecule has 0 bridgehead atoms. The van der Waals surface area contributed by atoms with Gasteiger partial charge in [0.05, 0.1) is 35.4 Å². The first-order valence-electron chi connectivity index (χ1n) is 6.28. The van der Waals surface area contributed by atoms with E-state index in [0.717, 1.165) is 17.1 Å².